The van der Waals surface area contributed by atoms with Crippen molar-refractivity contribution in [3.05, 3.63) is 95.2 Å². The number of amides is 1. The van der Waals surface area contributed by atoms with Gasteiger partial charge in [0.15, 0.2) is 5.78 Å². The number of hydrogen-bond donors (Lipinski definition) is 3. The van der Waals surface area contributed by atoms with Crippen LogP contribution >= 0.6 is 0 Å². The van der Waals surface area contributed by atoms with Gasteiger partial charge in [-0.1, -0.05) is 24.0 Å². The molecule has 3 saturated heterocycles. The van der Waals surface area contributed by atoms with Gasteiger partial charge in [0.25, 0.3) is 0 Å². The largest absolute Gasteiger partial charge is 0.453 e. The maximum absolute atomic E-state index is 15.1. The summed E-state index contributed by atoms with van der Waals surface area (Å²) in [6.45, 7) is 1.05. The van der Waals surface area contributed by atoms with E-state index >= 15 is 8.78 Å². The second-order valence-corrected chi connectivity index (χ2v) is 17.2. The molecule has 3 N–H and O–H groups in total. The fourth-order valence-electron chi connectivity index (χ4n) is 8.56. The first-order valence-corrected chi connectivity index (χ1v) is 21.1. The number of anilines is 1. The molecule has 0 radical (unpaired) electrons. The number of carbonyl (C=O) groups is 2. The molecule has 2 unspecified atom stereocenters. The normalized spacial score (nSPS) is 19.3. The van der Waals surface area contributed by atoms with E-state index in [2.05, 4.69) is 46.6 Å². The van der Waals surface area contributed by atoms with E-state index in [1.165, 1.54) is 0 Å². The predicted octanol–water partition coefficient (Wildman–Crippen LogP) is 6.05. The predicted molar refractivity (Wildman–Crippen MR) is 222 cm³/mol. The number of rotatable bonds is 16. The molecule has 3 aliphatic heterocycles. The van der Waals surface area contributed by atoms with E-state index in [1.807, 2.05) is 5.32 Å². The molecule has 3 aliphatic rings. The van der Waals surface area contributed by atoms with Crippen LogP contribution < -0.4 is 15.5 Å². The Hall–Kier alpha value is -5.62. The quantitative estimate of drug-likeness (QED) is 0.0893. The van der Waals surface area contributed by atoms with Crippen molar-refractivity contribution in [2.45, 2.75) is 89.1 Å². The molecular formula is C45H49F7N8O5. The van der Waals surface area contributed by atoms with Crippen molar-refractivity contribution in [2.75, 3.05) is 44.9 Å². The smallest absolute Gasteiger partial charge is 0.407 e. The topological polar surface area (TPSA) is 147 Å². The van der Waals surface area contributed by atoms with E-state index in [0.29, 0.717) is 45.3 Å². The molecule has 0 aliphatic carbocycles. The van der Waals surface area contributed by atoms with Gasteiger partial charge in [-0.15, -0.1) is 0 Å². The van der Waals surface area contributed by atoms with Gasteiger partial charge in [0.05, 0.1) is 55.5 Å². The van der Waals surface area contributed by atoms with E-state index in [4.69, 9.17) is 4.74 Å². The van der Waals surface area contributed by atoms with Gasteiger partial charge < -0.3 is 30.1 Å². The third-order valence-corrected chi connectivity index (χ3v) is 12.5. The van der Waals surface area contributed by atoms with Gasteiger partial charge in [-0.2, -0.15) is 22.0 Å². The van der Waals surface area contributed by atoms with Crippen molar-refractivity contribution in [3.63, 3.8) is 0 Å². The molecule has 5 atom stereocenters. The number of piperazine rings is 1. The first-order chi connectivity index (χ1) is 30.9. The summed E-state index contributed by atoms with van der Waals surface area (Å²) in [4.78, 5) is 43.7. The van der Waals surface area contributed by atoms with Crippen LogP contribution in [0, 0.1) is 34.8 Å². The maximum Gasteiger partial charge on any atom is 0.407 e. The third-order valence-electron chi connectivity index (χ3n) is 12.5. The Morgan fingerprint density at radius 3 is 2.14 bits per heavy atom. The maximum atomic E-state index is 15.1. The van der Waals surface area contributed by atoms with E-state index in [-0.39, 0.29) is 24.2 Å². The van der Waals surface area contributed by atoms with Gasteiger partial charge in [0.2, 0.25) is 5.95 Å². The molecule has 5 heterocycles. The second-order valence-electron chi connectivity index (χ2n) is 17.2. The second kappa shape index (κ2) is 19.9. The molecule has 20 heteroatoms. The van der Waals surface area contributed by atoms with E-state index < -0.39 is 78.2 Å². The van der Waals surface area contributed by atoms with Crippen molar-refractivity contribution in [1.82, 2.24) is 35.1 Å². The lowest BCUT2D eigenvalue weighted by Gasteiger charge is -2.47. The average Bonchev–Trinajstić information content (AvgIpc) is 3.84. The minimum Gasteiger partial charge on any atom is -0.453 e. The standard InChI is InChI=1S/C45H49F7N8O5/c1-44(2,45(50,51)52)40(57-43(63)64-3)38(61)15-30(39(62)19-53-18-34-35(46)13-29(14-36(34)47)37-22-59(25-56-37)41(48)49)12-27-7-4-26(5-8-27)6-9-28-16-54-42(55-17-28)58-20-31-10-11-32(21-58)60(31)33-23-65-24-33/h4-5,7-8,13-14,16-17,22,25,30-33,39-41,53,62H,10-12,15,18-21,23-24H2,1-3H3,(H,57,63)/t30-,31?,32?,39+,40-/m1/s1. The van der Waals surface area contributed by atoms with Crippen molar-refractivity contribution in [3.8, 4) is 23.1 Å². The Kier molecular flexibility index (Phi) is 14.5. The summed E-state index contributed by atoms with van der Waals surface area (Å²) in [7, 11) is 0.936. The zero-order valence-electron chi connectivity index (χ0n) is 35.8. The molecule has 2 aromatic carbocycles. The van der Waals surface area contributed by atoms with Gasteiger partial charge in [-0.25, -0.2) is 28.5 Å². The average molecular weight is 915 g/mol. The van der Waals surface area contributed by atoms with E-state index in [1.54, 1.807) is 36.7 Å². The highest BCUT2D eigenvalue weighted by Gasteiger charge is 2.55. The third kappa shape index (κ3) is 10.9. The molecule has 0 spiro atoms. The van der Waals surface area contributed by atoms with Crippen LogP contribution in [0.5, 0.6) is 0 Å². The van der Waals surface area contributed by atoms with Crippen molar-refractivity contribution >= 4 is 17.8 Å². The van der Waals surface area contributed by atoms with E-state index in [0.717, 1.165) is 84.8 Å². The number of nitrogens with one attached hydrogen (secondary N) is 2. The number of ether oxygens (including phenoxy) is 2. The van der Waals surface area contributed by atoms with Crippen molar-refractivity contribution in [1.29, 1.82) is 0 Å². The monoisotopic (exact) mass is 914 g/mol. The number of ketones is 1. The number of imidazole rings is 1. The lowest BCUT2D eigenvalue weighted by Crippen LogP contribution is -2.62. The van der Waals surface area contributed by atoms with E-state index in [9.17, 15) is 36.6 Å². The first-order valence-electron chi connectivity index (χ1n) is 21.1. The van der Waals surface area contributed by atoms with Crippen LogP contribution in [0.2, 0.25) is 0 Å². The Labute approximate surface area is 370 Å². The summed E-state index contributed by atoms with van der Waals surface area (Å²) in [5.74, 6) is 2.58. The van der Waals surface area contributed by atoms with Crippen LogP contribution in [0.1, 0.15) is 61.9 Å². The summed E-state index contributed by atoms with van der Waals surface area (Å²) < 4.78 is 109. The lowest BCUT2D eigenvalue weighted by molar-refractivity contribution is -0.220. The van der Waals surface area contributed by atoms with Crippen molar-refractivity contribution in [2.24, 2.45) is 11.3 Å². The fraction of sp³-hybridized carbons (Fsp3) is 0.489. The van der Waals surface area contributed by atoms with Crippen LogP contribution in [0.3, 0.4) is 0 Å². The summed E-state index contributed by atoms with van der Waals surface area (Å²) in [6, 6.07) is 7.90. The SMILES string of the molecule is COC(=O)N[C@H](C(=O)C[C@@H](Cc1ccc(C#Cc2cnc(N3CC4CCC(C3)N4C3COC3)nc2)cc1)[C@@H](O)CNCc1c(F)cc(-c2cn(C(F)F)cn2)cc1F)C(C)(C)C(F)(F)F. The minimum absolute atomic E-state index is 0.0396. The van der Waals surface area contributed by atoms with Crippen LogP contribution in [-0.2, 0) is 27.2 Å². The Bertz CT molecular complexity index is 2330. The number of nitrogens with zero attached hydrogens (tertiary/aromatic N) is 6. The molecule has 7 rings (SSSR count). The van der Waals surface area contributed by atoms with Gasteiger partial charge in [-0.3, -0.25) is 14.3 Å². The highest BCUT2D eigenvalue weighted by Crippen LogP contribution is 2.42. The molecule has 13 nitrogen and oxygen atoms in total. The number of carbonyl (C=O) groups excluding carboxylic acids is 2. The van der Waals surface area contributed by atoms with Gasteiger partial charge in [0.1, 0.15) is 17.7 Å². The molecule has 65 heavy (non-hydrogen) atoms. The number of benzene rings is 2. The number of halogens is 7. The molecular weight excluding hydrogens is 866 g/mol. The van der Waals surface area contributed by atoms with Crippen LogP contribution in [-0.4, -0.2) is 118 Å². The molecule has 2 aromatic heterocycles. The summed E-state index contributed by atoms with van der Waals surface area (Å²) in [5, 5.41) is 16.2. The molecule has 2 bridgehead atoms. The first kappa shape index (κ1) is 47.3. The Morgan fingerprint density at radius 1 is 0.954 bits per heavy atom. The van der Waals surface area contributed by atoms with Crippen LogP contribution in [0.4, 0.5) is 41.5 Å². The van der Waals surface area contributed by atoms with Gasteiger partial charge in [-0.05, 0) is 68.9 Å². The van der Waals surface area contributed by atoms with Gasteiger partial charge >= 0.3 is 18.8 Å². The number of aliphatic hydroxyl groups is 1. The summed E-state index contributed by atoms with van der Waals surface area (Å²) in [5.41, 5.74) is -1.61. The number of methoxy groups -OCH3 is 1. The highest BCUT2D eigenvalue weighted by atomic mass is 19.4. The molecule has 4 aromatic rings. The molecule has 348 valence electrons. The Morgan fingerprint density at radius 2 is 1.58 bits per heavy atom. The molecule has 3 fully saturated rings. The number of fused-ring (bicyclic) bond motifs is 2. The molecule has 0 saturated carbocycles. The zero-order valence-corrected chi connectivity index (χ0v) is 35.8. The number of alkyl halides is 5. The summed E-state index contributed by atoms with van der Waals surface area (Å²) >= 11 is 0. The minimum atomic E-state index is -4.94. The lowest BCUT2D eigenvalue weighted by atomic mass is 9.77. The van der Waals surface area contributed by atoms with Crippen molar-refractivity contribution < 1.29 is 54.9 Å². The van der Waals surface area contributed by atoms with Crippen LogP contribution in [0.25, 0.3) is 11.3 Å². The highest BCUT2D eigenvalue weighted by molar-refractivity contribution is 5.88. The van der Waals surface area contributed by atoms with Gasteiger partial charge in [0, 0.05) is 80.0 Å². The Balaban J connectivity index is 1.03. The summed E-state index contributed by atoms with van der Waals surface area (Å²) in [6.07, 6.45) is -0.988. The fourth-order valence-corrected chi connectivity index (χ4v) is 8.56. The number of hydrogen-bond acceptors (Lipinski definition) is 11. The number of aromatic nitrogens is 4. The zero-order chi connectivity index (χ0) is 46.6. The number of alkyl carbamates (subject to hydrolysis) is 1. The number of aliphatic hydroxyl groups excluding tert-OH is 1. The molecule has 1 amide bonds. The van der Waals surface area contributed by atoms with Crippen LogP contribution in [0.15, 0.2) is 61.3 Å². The number of Topliss-reactive ketones (excluding diaryl/α,β-unsaturated/α-hetero) is 1.